The van der Waals surface area contributed by atoms with E-state index in [-0.39, 0.29) is 12.5 Å². The van der Waals surface area contributed by atoms with Crippen LogP contribution < -0.4 is 10.1 Å². The van der Waals surface area contributed by atoms with Gasteiger partial charge in [0.15, 0.2) is 6.61 Å². The molecule has 1 heterocycles. The summed E-state index contributed by atoms with van der Waals surface area (Å²) in [5.41, 5.74) is 6.74. The smallest absolute Gasteiger partial charge is 0.257 e. The van der Waals surface area contributed by atoms with Crippen LogP contribution >= 0.6 is 0 Å². The quantitative estimate of drug-likeness (QED) is 0.442. The lowest BCUT2D eigenvalue weighted by atomic mass is 10.1. The van der Waals surface area contributed by atoms with Gasteiger partial charge in [-0.05, 0) is 61.2 Å². The van der Waals surface area contributed by atoms with E-state index in [1.807, 2.05) is 50.2 Å². The van der Waals surface area contributed by atoms with Crippen LogP contribution in [-0.2, 0) is 17.8 Å². The normalized spacial score (nSPS) is 11.0. The average molecular weight is 428 g/mol. The van der Waals surface area contributed by atoms with Gasteiger partial charge in [-0.15, -0.1) is 0 Å². The Bertz CT molecular complexity index is 1240. The SMILES string of the molecule is Cc1ccc(C)c(OCC(=O)NCCc2nc3ccccc3n2Cc2ccccc2C)c1. The molecule has 1 N–H and O–H groups in total. The molecule has 1 aromatic heterocycles. The molecule has 164 valence electrons. The molecule has 5 nitrogen and oxygen atoms in total. The molecular weight excluding hydrogens is 398 g/mol. The van der Waals surface area contributed by atoms with E-state index in [9.17, 15) is 4.79 Å². The lowest BCUT2D eigenvalue weighted by molar-refractivity contribution is -0.123. The fourth-order valence-electron chi connectivity index (χ4n) is 3.82. The molecular formula is C27H29N3O2. The van der Waals surface area contributed by atoms with Gasteiger partial charge in [-0.2, -0.15) is 0 Å². The molecule has 32 heavy (non-hydrogen) atoms. The fourth-order valence-corrected chi connectivity index (χ4v) is 3.82. The molecule has 4 rings (SSSR count). The van der Waals surface area contributed by atoms with Crippen molar-refractivity contribution < 1.29 is 9.53 Å². The molecule has 0 aliphatic heterocycles. The Balaban J connectivity index is 1.41. The van der Waals surface area contributed by atoms with E-state index in [0.29, 0.717) is 13.0 Å². The van der Waals surface area contributed by atoms with E-state index < -0.39 is 0 Å². The van der Waals surface area contributed by atoms with Crippen LogP contribution in [0.15, 0.2) is 66.7 Å². The summed E-state index contributed by atoms with van der Waals surface area (Å²) in [5, 5.41) is 2.97. The Labute approximate surface area is 189 Å². The third-order valence-electron chi connectivity index (χ3n) is 5.70. The number of hydrogen-bond acceptors (Lipinski definition) is 3. The van der Waals surface area contributed by atoms with Gasteiger partial charge in [0, 0.05) is 19.5 Å². The number of carbonyl (C=O) groups excluding carboxylic acids is 1. The molecule has 0 unspecified atom stereocenters. The summed E-state index contributed by atoms with van der Waals surface area (Å²) in [7, 11) is 0. The van der Waals surface area contributed by atoms with E-state index >= 15 is 0 Å². The van der Waals surface area contributed by atoms with Crippen LogP contribution in [0.4, 0.5) is 0 Å². The second-order valence-corrected chi connectivity index (χ2v) is 8.19. The standard InChI is InChI=1S/C27H29N3O2/c1-19-12-13-21(3)25(16-19)32-18-27(31)28-15-14-26-29-23-10-6-7-11-24(23)30(26)17-22-9-5-4-8-20(22)2/h4-13,16H,14-15,17-18H2,1-3H3,(H,28,31). The van der Waals surface area contributed by atoms with Gasteiger partial charge in [-0.1, -0.05) is 48.5 Å². The van der Waals surface area contributed by atoms with Crippen LogP contribution in [0.5, 0.6) is 5.75 Å². The van der Waals surface area contributed by atoms with Crippen molar-refractivity contribution in [1.29, 1.82) is 0 Å². The van der Waals surface area contributed by atoms with E-state index in [2.05, 4.69) is 47.1 Å². The molecule has 0 bridgehead atoms. The van der Waals surface area contributed by atoms with Gasteiger partial charge in [-0.25, -0.2) is 4.98 Å². The maximum Gasteiger partial charge on any atom is 0.257 e. The van der Waals surface area contributed by atoms with Crippen LogP contribution in [0.3, 0.4) is 0 Å². The van der Waals surface area contributed by atoms with Crippen LogP contribution in [-0.4, -0.2) is 28.6 Å². The number of carbonyl (C=O) groups is 1. The predicted octanol–water partition coefficient (Wildman–Crippen LogP) is 4.75. The summed E-state index contributed by atoms with van der Waals surface area (Å²) >= 11 is 0. The second kappa shape index (κ2) is 9.69. The lowest BCUT2D eigenvalue weighted by Gasteiger charge is -2.12. The average Bonchev–Trinajstić information content (AvgIpc) is 3.13. The summed E-state index contributed by atoms with van der Waals surface area (Å²) in [6.07, 6.45) is 0.649. The van der Waals surface area contributed by atoms with Gasteiger partial charge >= 0.3 is 0 Å². The number of nitrogens with zero attached hydrogens (tertiary/aromatic N) is 2. The number of para-hydroxylation sites is 2. The summed E-state index contributed by atoms with van der Waals surface area (Å²) < 4.78 is 7.96. The number of hydrogen-bond donors (Lipinski definition) is 1. The Kier molecular flexibility index (Phi) is 6.55. The molecule has 3 aromatic carbocycles. The Hall–Kier alpha value is -3.60. The number of fused-ring (bicyclic) bond motifs is 1. The highest BCUT2D eigenvalue weighted by molar-refractivity contribution is 5.78. The molecule has 0 radical (unpaired) electrons. The highest BCUT2D eigenvalue weighted by Crippen LogP contribution is 2.20. The summed E-state index contributed by atoms with van der Waals surface area (Å²) in [6, 6.07) is 22.6. The number of rotatable bonds is 8. The monoisotopic (exact) mass is 427 g/mol. The predicted molar refractivity (Wildman–Crippen MR) is 128 cm³/mol. The molecule has 0 spiro atoms. The number of aromatic nitrogens is 2. The maximum absolute atomic E-state index is 12.3. The first-order chi connectivity index (χ1) is 15.5. The largest absolute Gasteiger partial charge is 0.483 e. The number of benzene rings is 3. The van der Waals surface area contributed by atoms with Gasteiger partial charge in [0.1, 0.15) is 11.6 Å². The van der Waals surface area contributed by atoms with Crippen molar-refractivity contribution in [1.82, 2.24) is 14.9 Å². The van der Waals surface area contributed by atoms with Gasteiger partial charge in [-0.3, -0.25) is 4.79 Å². The number of aryl methyl sites for hydroxylation is 3. The molecule has 0 aliphatic carbocycles. The van der Waals surface area contributed by atoms with Gasteiger partial charge in [0.25, 0.3) is 5.91 Å². The molecule has 1 amide bonds. The van der Waals surface area contributed by atoms with Crippen molar-refractivity contribution in [2.45, 2.75) is 33.7 Å². The molecule has 0 saturated carbocycles. The van der Waals surface area contributed by atoms with E-state index in [1.54, 1.807) is 0 Å². The summed E-state index contributed by atoms with van der Waals surface area (Å²) in [6.45, 7) is 7.38. The molecule has 0 saturated heterocycles. The van der Waals surface area contributed by atoms with Gasteiger partial charge in [0.2, 0.25) is 0 Å². The lowest BCUT2D eigenvalue weighted by Crippen LogP contribution is -2.31. The Morgan fingerprint density at radius 3 is 2.59 bits per heavy atom. The van der Waals surface area contributed by atoms with Crippen molar-refractivity contribution in [2.75, 3.05) is 13.2 Å². The van der Waals surface area contributed by atoms with Crippen molar-refractivity contribution >= 4 is 16.9 Å². The summed E-state index contributed by atoms with van der Waals surface area (Å²) in [4.78, 5) is 17.2. The molecule has 0 aliphatic rings. The van der Waals surface area contributed by atoms with Crippen molar-refractivity contribution in [3.05, 3.63) is 94.8 Å². The minimum absolute atomic E-state index is 0.00389. The summed E-state index contributed by atoms with van der Waals surface area (Å²) in [5.74, 6) is 1.58. The van der Waals surface area contributed by atoms with Crippen LogP contribution in [0.25, 0.3) is 11.0 Å². The molecule has 4 aromatic rings. The number of ether oxygens (including phenoxy) is 1. The minimum atomic E-state index is -0.132. The Morgan fingerprint density at radius 1 is 0.969 bits per heavy atom. The topological polar surface area (TPSA) is 56.1 Å². The molecule has 0 atom stereocenters. The third kappa shape index (κ3) is 4.99. The molecule has 5 heteroatoms. The number of nitrogens with one attached hydrogen (secondary N) is 1. The van der Waals surface area contributed by atoms with E-state index in [0.717, 1.165) is 40.3 Å². The first kappa shape index (κ1) is 21.6. The minimum Gasteiger partial charge on any atom is -0.483 e. The molecule has 0 fully saturated rings. The Morgan fingerprint density at radius 2 is 1.75 bits per heavy atom. The maximum atomic E-state index is 12.3. The first-order valence-corrected chi connectivity index (χ1v) is 11.0. The fraction of sp³-hybridized carbons (Fsp3) is 0.259. The van der Waals surface area contributed by atoms with Crippen molar-refractivity contribution in [3.8, 4) is 5.75 Å². The zero-order chi connectivity index (χ0) is 22.5. The van der Waals surface area contributed by atoms with Crippen molar-refractivity contribution in [3.63, 3.8) is 0 Å². The van der Waals surface area contributed by atoms with Crippen molar-refractivity contribution in [2.24, 2.45) is 0 Å². The third-order valence-corrected chi connectivity index (χ3v) is 5.70. The second-order valence-electron chi connectivity index (χ2n) is 8.19. The van der Waals surface area contributed by atoms with E-state index in [1.165, 1.54) is 11.1 Å². The van der Waals surface area contributed by atoms with Gasteiger partial charge in [0.05, 0.1) is 11.0 Å². The van der Waals surface area contributed by atoms with Crippen LogP contribution in [0, 0.1) is 20.8 Å². The number of imidazole rings is 1. The zero-order valence-corrected chi connectivity index (χ0v) is 18.9. The highest BCUT2D eigenvalue weighted by atomic mass is 16.5. The first-order valence-electron chi connectivity index (χ1n) is 11.0. The van der Waals surface area contributed by atoms with Gasteiger partial charge < -0.3 is 14.6 Å². The van der Waals surface area contributed by atoms with Crippen LogP contribution in [0.2, 0.25) is 0 Å². The number of amides is 1. The highest BCUT2D eigenvalue weighted by Gasteiger charge is 2.12. The van der Waals surface area contributed by atoms with Crippen LogP contribution in [0.1, 0.15) is 28.1 Å². The van der Waals surface area contributed by atoms with E-state index in [4.69, 9.17) is 9.72 Å². The zero-order valence-electron chi connectivity index (χ0n) is 18.9.